The molecule has 1 saturated heterocycles. The fourth-order valence-corrected chi connectivity index (χ4v) is 6.01. The Bertz CT molecular complexity index is 1680. The highest BCUT2D eigenvalue weighted by Crippen LogP contribution is 2.38. The van der Waals surface area contributed by atoms with Crippen molar-refractivity contribution in [1.82, 2.24) is 20.0 Å². The van der Waals surface area contributed by atoms with Gasteiger partial charge in [-0.3, -0.25) is 14.3 Å². The van der Waals surface area contributed by atoms with E-state index in [-0.39, 0.29) is 35.8 Å². The lowest BCUT2D eigenvalue weighted by Crippen LogP contribution is -2.48. The number of likely N-dealkylation sites (tertiary alicyclic amines) is 1. The summed E-state index contributed by atoms with van der Waals surface area (Å²) in [7, 11) is 0. The molecule has 3 heterocycles. The number of aromatic nitrogens is 2. The Morgan fingerprint density at radius 2 is 1.74 bits per heavy atom. The van der Waals surface area contributed by atoms with E-state index in [1.165, 1.54) is 12.1 Å². The zero-order chi connectivity index (χ0) is 29.5. The number of ketones is 1. The lowest BCUT2D eigenvalue weighted by Gasteiger charge is -2.29. The molecule has 43 heavy (non-hydrogen) atoms. The molecule has 7 rings (SSSR count). The van der Waals surface area contributed by atoms with E-state index in [0.29, 0.717) is 12.6 Å². The molecule has 2 atom stereocenters. The monoisotopic (exact) mass is 584 g/mol. The van der Waals surface area contributed by atoms with Crippen LogP contribution in [0.3, 0.4) is 0 Å². The number of aliphatic hydroxyl groups excluding tert-OH is 1. The number of benzene rings is 3. The van der Waals surface area contributed by atoms with Crippen LogP contribution in [0.25, 0.3) is 22.0 Å². The zero-order valence-electron chi connectivity index (χ0n) is 23.7. The lowest BCUT2D eigenvalue weighted by atomic mass is 9.99. The van der Waals surface area contributed by atoms with Crippen LogP contribution < -0.4 is 14.8 Å². The van der Waals surface area contributed by atoms with Crippen LogP contribution in [0.5, 0.6) is 11.5 Å². The maximum Gasteiger partial charge on any atom is 0.292 e. The molecule has 9 nitrogen and oxygen atoms in total. The quantitative estimate of drug-likeness (QED) is 0.221. The molecule has 3 aliphatic rings. The van der Waals surface area contributed by atoms with Gasteiger partial charge in [-0.1, -0.05) is 36.4 Å². The zero-order valence-corrected chi connectivity index (χ0v) is 23.7. The number of nitrogens with zero attached hydrogens (tertiary/aromatic N) is 3. The second-order valence-electron chi connectivity index (χ2n) is 11.6. The van der Waals surface area contributed by atoms with Crippen LogP contribution in [0.1, 0.15) is 53.8 Å². The molecular weight excluding hydrogens is 551 g/mol. The third kappa shape index (κ3) is 5.60. The number of halogens is 1. The van der Waals surface area contributed by atoms with Crippen LogP contribution in [-0.4, -0.2) is 70.4 Å². The minimum atomic E-state index is -1.27. The molecule has 222 valence electrons. The van der Waals surface area contributed by atoms with E-state index >= 15 is 0 Å². The highest BCUT2D eigenvalue weighted by molar-refractivity contribution is 6.42. The molecule has 1 aromatic heterocycles. The average molecular weight is 585 g/mol. The van der Waals surface area contributed by atoms with Gasteiger partial charge in [0.05, 0.1) is 23.8 Å². The number of ether oxygens (including phenoxy) is 2. The third-order valence-electron chi connectivity index (χ3n) is 8.49. The number of fused-ring (bicyclic) bond motifs is 2. The maximum absolute atomic E-state index is 14.8. The van der Waals surface area contributed by atoms with Crippen LogP contribution in [0.2, 0.25) is 0 Å². The maximum atomic E-state index is 14.8. The Hall–Kier alpha value is -4.28. The number of aliphatic hydroxyl groups is 1. The van der Waals surface area contributed by atoms with E-state index < -0.39 is 29.7 Å². The number of Topliss-reactive ketones (excluding diaryl/α,β-unsaturated/α-hetero) is 1. The second kappa shape index (κ2) is 11.4. The van der Waals surface area contributed by atoms with Crippen LogP contribution in [0, 0.1) is 5.82 Å². The number of amides is 1. The van der Waals surface area contributed by atoms with Crippen molar-refractivity contribution in [3.8, 4) is 22.6 Å². The Balaban J connectivity index is 1.08. The van der Waals surface area contributed by atoms with Crippen molar-refractivity contribution >= 4 is 22.6 Å². The summed E-state index contributed by atoms with van der Waals surface area (Å²) in [5, 5.41) is 19.7. The Morgan fingerprint density at radius 3 is 2.51 bits per heavy atom. The van der Waals surface area contributed by atoms with Gasteiger partial charge in [0.15, 0.2) is 17.3 Å². The first-order chi connectivity index (χ1) is 20.9. The Kier molecular flexibility index (Phi) is 7.32. The van der Waals surface area contributed by atoms with E-state index in [2.05, 4.69) is 26.1 Å². The summed E-state index contributed by atoms with van der Waals surface area (Å²) in [5.41, 5.74) is 3.48. The number of hydrogen-bond acceptors (Lipinski definition) is 7. The predicted octanol–water partition coefficient (Wildman–Crippen LogP) is 4.45. The molecule has 2 N–H and O–H groups in total. The van der Waals surface area contributed by atoms with Gasteiger partial charge >= 0.3 is 0 Å². The standard InChI is InChI=1S/C33H33FN4O5/c34-26-15-24(17-29-32(26)43-14-13-42-29)30(39)27(19-37-11-1-2-12-37)36-33(41)31(40)21-5-3-20(4-6-21)22-7-8-23-18-35-38(25-9-10-25)28(23)16-22/h3-8,15-18,25,27,30,39H,1-2,9-14,19H2,(H,36,41)/t27-,30-/m1/s1. The van der Waals surface area contributed by atoms with Crippen molar-refractivity contribution in [1.29, 1.82) is 0 Å². The van der Waals surface area contributed by atoms with Gasteiger partial charge in [-0.05, 0) is 73.7 Å². The molecule has 2 fully saturated rings. The second-order valence-corrected chi connectivity index (χ2v) is 11.6. The summed E-state index contributed by atoms with van der Waals surface area (Å²) < 4.78 is 27.7. The Morgan fingerprint density at radius 1 is 1.00 bits per heavy atom. The molecule has 10 heteroatoms. The fraction of sp³-hybridized carbons (Fsp3) is 0.364. The largest absolute Gasteiger partial charge is 0.486 e. The topological polar surface area (TPSA) is 106 Å². The van der Waals surface area contributed by atoms with Gasteiger partial charge in [0.2, 0.25) is 5.78 Å². The molecular formula is C33H33FN4O5. The summed E-state index contributed by atoms with van der Waals surface area (Å²) in [6.45, 7) is 2.46. The summed E-state index contributed by atoms with van der Waals surface area (Å²) in [4.78, 5) is 28.6. The SMILES string of the molecule is O=C(N[C@H](CN1CCCC1)[C@H](O)c1cc(F)c2c(c1)OCCO2)C(=O)c1ccc(-c2ccc3cnn(C4CC4)c3c2)cc1. The third-order valence-corrected chi connectivity index (χ3v) is 8.49. The summed E-state index contributed by atoms with van der Waals surface area (Å²) in [6, 6.07) is 15.4. The highest BCUT2D eigenvalue weighted by Gasteiger charge is 2.31. The van der Waals surface area contributed by atoms with Crippen LogP contribution in [-0.2, 0) is 4.79 Å². The van der Waals surface area contributed by atoms with Gasteiger partial charge in [0, 0.05) is 17.5 Å². The summed E-state index contributed by atoms with van der Waals surface area (Å²) in [5.74, 6) is -1.97. The van der Waals surface area contributed by atoms with E-state index in [1.54, 1.807) is 12.1 Å². The number of carbonyl (C=O) groups is 2. The van der Waals surface area contributed by atoms with Crippen molar-refractivity contribution in [3.05, 3.63) is 77.7 Å². The first-order valence-electron chi connectivity index (χ1n) is 14.9. The van der Waals surface area contributed by atoms with Crippen LogP contribution >= 0.6 is 0 Å². The normalized spacial score (nSPS) is 18.0. The molecule has 0 unspecified atom stereocenters. The number of hydrogen-bond donors (Lipinski definition) is 2. The van der Waals surface area contributed by atoms with Crippen molar-refractivity contribution in [2.75, 3.05) is 32.8 Å². The molecule has 0 bridgehead atoms. The number of rotatable bonds is 9. The average Bonchev–Trinajstić information content (AvgIpc) is 3.57. The van der Waals surface area contributed by atoms with Gasteiger partial charge in [0.1, 0.15) is 19.3 Å². The molecule has 1 saturated carbocycles. The summed E-state index contributed by atoms with van der Waals surface area (Å²) in [6.07, 6.45) is 4.92. The van der Waals surface area contributed by atoms with Crippen molar-refractivity contribution in [3.63, 3.8) is 0 Å². The minimum Gasteiger partial charge on any atom is -0.486 e. The molecule has 0 spiro atoms. The van der Waals surface area contributed by atoms with Gasteiger partial charge < -0.3 is 24.8 Å². The highest BCUT2D eigenvalue weighted by atomic mass is 19.1. The van der Waals surface area contributed by atoms with E-state index in [0.717, 1.165) is 60.8 Å². The van der Waals surface area contributed by atoms with Crippen LogP contribution in [0.4, 0.5) is 4.39 Å². The van der Waals surface area contributed by atoms with Crippen molar-refractivity contribution in [2.24, 2.45) is 0 Å². The molecule has 1 aliphatic carbocycles. The molecule has 0 radical (unpaired) electrons. The summed E-state index contributed by atoms with van der Waals surface area (Å²) >= 11 is 0. The molecule has 3 aromatic carbocycles. The number of carbonyl (C=O) groups excluding carboxylic acids is 2. The predicted molar refractivity (Wildman–Crippen MR) is 158 cm³/mol. The van der Waals surface area contributed by atoms with Gasteiger partial charge in [0.25, 0.3) is 5.91 Å². The smallest absolute Gasteiger partial charge is 0.292 e. The van der Waals surface area contributed by atoms with Crippen LogP contribution in [0.15, 0.2) is 60.8 Å². The van der Waals surface area contributed by atoms with E-state index in [9.17, 15) is 19.1 Å². The minimum absolute atomic E-state index is 0.00872. The lowest BCUT2D eigenvalue weighted by molar-refractivity contribution is -0.118. The fourth-order valence-electron chi connectivity index (χ4n) is 6.01. The van der Waals surface area contributed by atoms with Crippen molar-refractivity contribution < 1.29 is 28.6 Å². The molecule has 4 aromatic rings. The number of nitrogens with one attached hydrogen (secondary N) is 1. The Labute approximate surface area is 248 Å². The first kappa shape index (κ1) is 27.5. The molecule has 1 amide bonds. The van der Waals surface area contributed by atoms with Gasteiger partial charge in [-0.2, -0.15) is 5.10 Å². The van der Waals surface area contributed by atoms with E-state index in [1.807, 2.05) is 30.5 Å². The van der Waals surface area contributed by atoms with Crippen molar-refractivity contribution in [2.45, 2.75) is 43.9 Å². The van der Waals surface area contributed by atoms with Gasteiger partial charge in [-0.15, -0.1) is 0 Å². The first-order valence-corrected chi connectivity index (χ1v) is 14.9. The molecule has 2 aliphatic heterocycles. The van der Waals surface area contributed by atoms with E-state index in [4.69, 9.17) is 9.47 Å². The van der Waals surface area contributed by atoms with Gasteiger partial charge in [-0.25, -0.2) is 4.39 Å².